The predicted octanol–water partition coefficient (Wildman–Crippen LogP) is 3.83. The summed E-state index contributed by atoms with van der Waals surface area (Å²) in [6, 6.07) is 1.67. The summed E-state index contributed by atoms with van der Waals surface area (Å²) in [6.07, 6.45) is 4.37. The number of carbonyl (C=O) groups is 1. The molecule has 1 rings (SSSR count). The van der Waals surface area contributed by atoms with Crippen molar-refractivity contribution in [3.05, 3.63) is 35.4 Å². The lowest BCUT2D eigenvalue weighted by molar-refractivity contribution is 0.0692. The third kappa shape index (κ3) is 3.53. The van der Waals surface area contributed by atoms with Crippen LogP contribution in [0.25, 0.3) is 0 Å². The summed E-state index contributed by atoms with van der Waals surface area (Å²) in [5, 5.41) is 19.1. The van der Waals surface area contributed by atoms with Crippen molar-refractivity contribution >= 4 is 5.97 Å². The molecule has 0 radical (unpaired) electrons. The van der Waals surface area contributed by atoms with Crippen LogP contribution >= 0.6 is 0 Å². The van der Waals surface area contributed by atoms with Crippen LogP contribution in [0.5, 0.6) is 11.5 Å². The molecule has 1 aromatic rings. The summed E-state index contributed by atoms with van der Waals surface area (Å²) in [5.74, 6) is -0.822. The second-order valence-corrected chi connectivity index (χ2v) is 4.90. The maximum absolute atomic E-state index is 11.1. The van der Waals surface area contributed by atoms with Gasteiger partial charge in [-0.1, -0.05) is 19.4 Å². The van der Waals surface area contributed by atoms with Crippen LogP contribution in [0.1, 0.15) is 47.7 Å². The molecule has 0 saturated carbocycles. The topological polar surface area (TPSA) is 66.8 Å². The molecule has 2 N–H and O–H groups in total. The van der Waals surface area contributed by atoms with Gasteiger partial charge < -0.3 is 14.9 Å². The normalized spacial score (nSPS) is 11.9. The molecule has 20 heavy (non-hydrogen) atoms. The van der Waals surface area contributed by atoms with Gasteiger partial charge in [-0.2, -0.15) is 0 Å². The predicted molar refractivity (Wildman–Crippen MR) is 78.7 cm³/mol. The van der Waals surface area contributed by atoms with Crippen molar-refractivity contribution in [1.82, 2.24) is 0 Å². The third-order valence-electron chi connectivity index (χ3n) is 3.25. The molecule has 4 heteroatoms. The molecule has 4 nitrogen and oxygen atoms in total. The lowest BCUT2D eigenvalue weighted by atomic mass is 10.0. The highest BCUT2D eigenvalue weighted by Crippen LogP contribution is 2.34. The molecule has 0 amide bonds. The number of hydrogen-bond donors (Lipinski definition) is 2. The van der Waals surface area contributed by atoms with Crippen molar-refractivity contribution in [3.63, 3.8) is 0 Å². The minimum atomic E-state index is -1.13. The van der Waals surface area contributed by atoms with E-state index < -0.39 is 5.97 Å². The van der Waals surface area contributed by atoms with E-state index in [4.69, 9.17) is 9.84 Å². The van der Waals surface area contributed by atoms with Crippen LogP contribution in [0.15, 0.2) is 18.7 Å². The highest BCUT2D eigenvalue weighted by molar-refractivity contribution is 5.93. The first-order valence-electron chi connectivity index (χ1n) is 6.76. The summed E-state index contributed by atoms with van der Waals surface area (Å²) >= 11 is 0. The van der Waals surface area contributed by atoms with Crippen LogP contribution in [0.2, 0.25) is 0 Å². The molecule has 110 valence electrons. The molecule has 0 aliphatic heterocycles. The number of benzene rings is 1. The Morgan fingerprint density at radius 1 is 1.50 bits per heavy atom. The van der Waals surface area contributed by atoms with E-state index in [0.717, 1.165) is 12.8 Å². The molecular formula is C16H22O4. The first-order chi connectivity index (χ1) is 9.42. The minimum Gasteiger partial charge on any atom is -0.507 e. The zero-order valence-electron chi connectivity index (χ0n) is 12.3. The lowest BCUT2D eigenvalue weighted by Gasteiger charge is -2.20. The van der Waals surface area contributed by atoms with Crippen LogP contribution in [0, 0.1) is 13.8 Å². The Labute approximate surface area is 119 Å². The third-order valence-corrected chi connectivity index (χ3v) is 3.25. The average molecular weight is 278 g/mol. The van der Waals surface area contributed by atoms with Crippen LogP contribution in [-0.4, -0.2) is 22.3 Å². The zero-order chi connectivity index (χ0) is 15.3. The lowest BCUT2D eigenvalue weighted by Crippen LogP contribution is -2.16. The van der Waals surface area contributed by atoms with Crippen LogP contribution in [0.3, 0.4) is 0 Å². The average Bonchev–Trinajstić information content (AvgIpc) is 2.35. The van der Waals surface area contributed by atoms with Gasteiger partial charge in [0.05, 0.1) is 0 Å². The number of ether oxygens (including phenoxy) is 1. The summed E-state index contributed by atoms with van der Waals surface area (Å²) < 4.78 is 5.90. The smallest absolute Gasteiger partial charge is 0.339 e. The summed E-state index contributed by atoms with van der Waals surface area (Å²) in [4.78, 5) is 11.1. The van der Waals surface area contributed by atoms with Gasteiger partial charge in [-0.25, -0.2) is 4.79 Å². The molecule has 0 bridgehead atoms. The summed E-state index contributed by atoms with van der Waals surface area (Å²) in [5.41, 5.74) is 0.883. The van der Waals surface area contributed by atoms with E-state index in [0.29, 0.717) is 23.3 Å². The zero-order valence-corrected chi connectivity index (χ0v) is 12.3. The number of hydrogen-bond acceptors (Lipinski definition) is 3. The quantitative estimate of drug-likeness (QED) is 0.744. The summed E-state index contributed by atoms with van der Waals surface area (Å²) in [7, 11) is 0. The Balaban J connectivity index is 3.13. The van der Waals surface area contributed by atoms with Crippen molar-refractivity contribution < 1.29 is 19.7 Å². The van der Waals surface area contributed by atoms with E-state index >= 15 is 0 Å². The number of rotatable bonds is 7. The van der Waals surface area contributed by atoms with Crippen LogP contribution in [-0.2, 0) is 0 Å². The Morgan fingerprint density at radius 3 is 2.65 bits per heavy atom. The number of aromatic carboxylic acids is 1. The van der Waals surface area contributed by atoms with Crippen LogP contribution < -0.4 is 4.74 Å². The van der Waals surface area contributed by atoms with Gasteiger partial charge >= 0.3 is 5.97 Å². The van der Waals surface area contributed by atoms with Crippen molar-refractivity contribution in [2.75, 3.05) is 0 Å². The molecule has 1 atom stereocenters. The maximum atomic E-state index is 11.1. The van der Waals surface area contributed by atoms with E-state index in [1.54, 1.807) is 26.0 Å². The molecule has 1 aromatic carbocycles. The number of aromatic hydroxyl groups is 1. The Bertz CT molecular complexity index is 506. The fraction of sp³-hybridized carbons (Fsp3) is 0.438. The first kappa shape index (κ1) is 16.1. The van der Waals surface area contributed by atoms with Gasteiger partial charge in [-0.15, -0.1) is 6.58 Å². The minimum absolute atomic E-state index is 0.00863. The van der Waals surface area contributed by atoms with Crippen molar-refractivity contribution in [3.8, 4) is 11.5 Å². The van der Waals surface area contributed by atoms with E-state index in [2.05, 4.69) is 13.5 Å². The number of carboxylic acid groups (broad SMARTS) is 1. The molecular weight excluding hydrogens is 256 g/mol. The largest absolute Gasteiger partial charge is 0.507 e. The number of aryl methyl sites for hydroxylation is 1. The van der Waals surface area contributed by atoms with E-state index in [9.17, 15) is 9.90 Å². The first-order valence-corrected chi connectivity index (χ1v) is 6.76. The van der Waals surface area contributed by atoms with Gasteiger partial charge in [-0.3, -0.25) is 0 Å². The molecule has 0 aliphatic carbocycles. The second kappa shape index (κ2) is 6.98. The van der Waals surface area contributed by atoms with Gasteiger partial charge in [0.1, 0.15) is 23.2 Å². The molecule has 0 fully saturated rings. The Morgan fingerprint density at radius 2 is 2.15 bits per heavy atom. The molecule has 0 heterocycles. The van der Waals surface area contributed by atoms with Crippen molar-refractivity contribution in [1.29, 1.82) is 0 Å². The maximum Gasteiger partial charge on any atom is 0.339 e. The van der Waals surface area contributed by atoms with E-state index in [1.807, 2.05) is 0 Å². The Kier molecular flexibility index (Phi) is 5.62. The van der Waals surface area contributed by atoms with Gasteiger partial charge in [0.2, 0.25) is 0 Å². The fourth-order valence-electron chi connectivity index (χ4n) is 2.17. The molecule has 0 saturated heterocycles. The number of phenols is 1. The van der Waals surface area contributed by atoms with Crippen molar-refractivity contribution in [2.24, 2.45) is 0 Å². The van der Waals surface area contributed by atoms with Gasteiger partial charge in [-0.05, 0) is 31.9 Å². The van der Waals surface area contributed by atoms with E-state index in [-0.39, 0.29) is 17.4 Å². The standard InChI is InChI=1S/C16H22O4/c1-5-7-12(8-6-2)20-13-9-10(3)14(16(18)19)15(17)11(13)4/h5,9,12,17H,1,6-8H2,2-4H3,(H,18,19). The van der Waals surface area contributed by atoms with E-state index in [1.165, 1.54) is 0 Å². The van der Waals surface area contributed by atoms with Gasteiger partial charge in [0, 0.05) is 12.0 Å². The SMILES string of the molecule is C=CCC(CCC)Oc1cc(C)c(C(=O)O)c(O)c1C. The van der Waals surface area contributed by atoms with Crippen LogP contribution in [0.4, 0.5) is 0 Å². The Hall–Kier alpha value is -1.97. The monoisotopic (exact) mass is 278 g/mol. The molecule has 0 aromatic heterocycles. The fourth-order valence-corrected chi connectivity index (χ4v) is 2.17. The molecule has 1 unspecified atom stereocenters. The van der Waals surface area contributed by atoms with Crippen molar-refractivity contribution in [2.45, 2.75) is 46.1 Å². The molecule has 0 aliphatic rings. The summed E-state index contributed by atoms with van der Waals surface area (Å²) in [6.45, 7) is 9.09. The highest BCUT2D eigenvalue weighted by atomic mass is 16.5. The van der Waals surface area contributed by atoms with Gasteiger partial charge in [0.25, 0.3) is 0 Å². The van der Waals surface area contributed by atoms with Gasteiger partial charge in [0.15, 0.2) is 0 Å². The highest BCUT2D eigenvalue weighted by Gasteiger charge is 2.20. The number of carboxylic acids is 1. The second-order valence-electron chi connectivity index (χ2n) is 4.90. The molecule has 0 spiro atoms.